The van der Waals surface area contributed by atoms with E-state index < -0.39 is 12.0 Å². The van der Waals surface area contributed by atoms with E-state index >= 15 is 0 Å². The van der Waals surface area contributed by atoms with Gasteiger partial charge in [-0.25, -0.2) is 9.79 Å². The topological polar surface area (TPSA) is 60.7 Å². The Kier molecular flexibility index (Phi) is 6.42. The van der Waals surface area contributed by atoms with E-state index in [9.17, 15) is 9.59 Å². The van der Waals surface area contributed by atoms with E-state index in [0.717, 1.165) is 11.1 Å². The first kappa shape index (κ1) is 21.5. The zero-order valence-corrected chi connectivity index (χ0v) is 18.6. The third-order valence-corrected chi connectivity index (χ3v) is 6.08. The lowest BCUT2D eigenvalue weighted by Crippen LogP contribution is -2.38. The van der Waals surface area contributed by atoms with Gasteiger partial charge in [-0.2, -0.15) is 0 Å². The molecule has 0 fully saturated rings. The fourth-order valence-electron chi connectivity index (χ4n) is 3.51. The highest BCUT2D eigenvalue weighted by atomic mass is 32.1. The summed E-state index contributed by atoms with van der Waals surface area (Å²) in [5, 5.41) is 0. The van der Waals surface area contributed by atoms with Gasteiger partial charge in [-0.15, -0.1) is 0 Å². The predicted octanol–water partition coefficient (Wildman–Crippen LogP) is 3.74. The van der Waals surface area contributed by atoms with Crippen LogP contribution in [0.3, 0.4) is 0 Å². The van der Waals surface area contributed by atoms with Crippen molar-refractivity contribution < 1.29 is 9.53 Å². The molecule has 0 spiro atoms. The fraction of sp³-hybridized carbons (Fsp3) is 0.115. The largest absolute Gasteiger partial charge is 0.466 e. The van der Waals surface area contributed by atoms with Crippen LogP contribution < -0.4 is 14.9 Å². The highest BCUT2D eigenvalue weighted by Gasteiger charge is 2.29. The van der Waals surface area contributed by atoms with E-state index in [2.05, 4.69) is 4.99 Å². The number of thiazole rings is 1. The Labute approximate surface area is 189 Å². The summed E-state index contributed by atoms with van der Waals surface area (Å²) in [5.74, 6) is -0.493. The molecule has 0 saturated carbocycles. The van der Waals surface area contributed by atoms with Crippen molar-refractivity contribution >= 4 is 35.5 Å². The van der Waals surface area contributed by atoms with Crippen molar-refractivity contribution in [2.45, 2.75) is 13.0 Å². The molecular weight excluding hydrogens is 420 g/mol. The van der Waals surface area contributed by atoms with Gasteiger partial charge in [-0.3, -0.25) is 9.36 Å². The van der Waals surface area contributed by atoms with Gasteiger partial charge in [0.25, 0.3) is 5.56 Å². The number of allylic oxidation sites excluding steroid dienone is 3. The van der Waals surface area contributed by atoms with Gasteiger partial charge >= 0.3 is 5.97 Å². The second-order valence-corrected chi connectivity index (χ2v) is 8.19. The van der Waals surface area contributed by atoms with E-state index in [1.165, 1.54) is 18.4 Å². The number of methoxy groups -OCH3 is 1. The molecule has 1 aliphatic rings. The van der Waals surface area contributed by atoms with E-state index in [1.54, 1.807) is 17.6 Å². The Bertz CT molecular complexity index is 1390. The molecule has 160 valence electrons. The van der Waals surface area contributed by atoms with E-state index in [4.69, 9.17) is 4.74 Å². The number of hydrogen-bond acceptors (Lipinski definition) is 5. The molecule has 2 heterocycles. The highest BCUT2D eigenvalue weighted by molar-refractivity contribution is 7.07. The van der Waals surface area contributed by atoms with Crippen molar-refractivity contribution in [3.05, 3.63) is 115 Å². The number of ether oxygens (including phenoxy) is 1. The predicted molar refractivity (Wildman–Crippen MR) is 129 cm³/mol. The zero-order valence-electron chi connectivity index (χ0n) is 17.8. The molecule has 1 unspecified atom stereocenters. The zero-order chi connectivity index (χ0) is 22.5. The van der Waals surface area contributed by atoms with Crippen molar-refractivity contribution in [3.63, 3.8) is 0 Å². The Morgan fingerprint density at radius 1 is 1.03 bits per heavy atom. The summed E-state index contributed by atoms with van der Waals surface area (Å²) < 4.78 is 7.11. The number of rotatable bonds is 5. The van der Waals surface area contributed by atoms with Gasteiger partial charge in [-0.1, -0.05) is 96.3 Å². The summed E-state index contributed by atoms with van der Waals surface area (Å²) in [6, 6.07) is 19.0. The number of fused-ring (bicyclic) bond motifs is 1. The van der Waals surface area contributed by atoms with Crippen LogP contribution >= 0.6 is 11.3 Å². The molecular formula is C26H22N2O3S. The third-order valence-electron chi connectivity index (χ3n) is 5.08. The van der Waals surface area contributed by atoms with Crippen molar-refractivity contribution in [3.8, 4) is 0 Å². The standard InChI is InChI=1S/C26H22N2O3S/c1-18-23(25(30)31-2)21(17-16-20-12-7-4-8-13-20)28-24(29)22(32-26(28)27-18)15-9-14-19-10-5-3-6-11-19/h3-17,21H,1-2H3/b14-9+,17-16+,22-15+. The summed E-state index contributed by atoms with van der Waals surface area (Å²) in [6.07, 6.45) is 9.33. The molecule has 0 radical (unpaired) electrons. The molecule has 0 bridgehead atoms. The van der Waals surface area contributed by atoms with Crippen LogP contribution in [0.15, 0.2) is 93.9 Å². The molecule has 32 heavy (non-hydrogen) atoms. The van der Waals surface area contributed by atoms with Gasteiger partial charge in [0.1, 0.15) is 0 Å². The van der Waals surface area contributed by atoms with Crippen LogP contribution in [0.25, 0.3) is 18.2 Å². The van der Waals surface area contributed by atoms with Crippen molar-refractivity contribution in [2.24, 2.45) is 4.99 Å². The second-order valence-electron chi connectivity index (χ2n) is 7.18. The monoisotopic (exact) mass is 442 g/mol. The summed E-state index contributed by atoms with van der Waals surface area (Å²) in [4.78, 5) is 30.9. The van der Waals surface area contributed by atoms with Crippen LogP contribution in [0.2, 0.25) is 0 Å². The minimum Gasteiger partial charge on any atom is -0.466 e. The molecule has 2 aromatic carbocycles. The minimum absolute atomic E-state index is 0.192. The van der Waals surface area contributed by atoms with Crippen molar-refractivity contribution in [2.75, 3.05) is 7.11 Å². The number of aromatic nitrogens is 1. The van der Waals surface area contributed by atoms with Crippen LogP contribution in [0.4, 0.5) is 0 Å². The third kappa shape index (κ3) is 4.45. The molecule has 4 rings (SSSR count). The van der Waals surface area contributed by atoms with E-state index in [-0.39, 0.29) is 5.56 Å². The average Bonchev–Trinajstić information content (AvgIpc) is 3.13. The number of hydrogen-bond donors (Lipinski definition) is 0. The molecule has 5 nitrogen and oxygen atoms in total. The number of carbonyl (C=O) groups is 1. The summed E-state index contributed by atoms with van der Waals surface area (Å²) in [6.45, 7) is 1.77. The SMILES string of the molecule is COC(=O)C1=C(C)N=c2s/c(=C/C=C/c3ccccc3)c(=O)n2C1/C=C/c1ccccc1. The quantitative estimate of drug-likeness (QED) is 0.566. The Balaban J connectivity index is 1.80. The van der Waals surface area contributed by atoms with Crippen molar-refractivity contribution in [1.82, 2.24) is 4.57 Å². The second kappa shape index (κ2) is 9.58. The highest BCUT2D eigenvalue weighted by Crippen LogP contribution is 2.26. The fourth-order valence-corrected chi connectivity index (χ4v) is 4.52. The Morgan fingerprint density at radius 3 is 2.28 bits per heavy atom. The first-order valence-corrected chi connectivity index (χ1v) is 11.0. The van der Waals surface area contributed by atoms with E-state index in [0.29, 0.717) is 20.6 Å². The average molecular weight is 443 g/mol. The van der Waals surface area contributed by atoms with Gasteiger partial charge < -0.3 is 4.74 Å². The lowest BCUT2D eigenvalue weighted by molar-refractivity contribution is -0.136. The molecule has 0 amide bonds. The summed E-state index contributed by atoms with van der Waals surface area (Å²) in [5.41, 5.74) is 2.73. The molecule has 0 N–H and O–H groups in total. The van der Waals surface area contributed by atoms with E-state index in [1.807, 2.05) is 85.0 Å². The summed E-state index contributed by atoms with van der Waals surface area (Å²) >= 11 is 1.30. The van der Waals surface area contributed by atoms with Crippen LogP contribution in [0.5, 0.6) is 0 Å². The van der Waals surface area contributed by atoms with Gasteiger partial charge in [0, 0.05) is 0 Å². The smallest absolute Gasteiger partial charge is 0.338 e. The summed E-state index contributed by atoms with van der Waals surface area (Å²) in [7, 11) is 1.33. The van der Waals surface area contributed by atoms with Gasteiger partial charge in [0.2, 0.25) is 0 Å². The van der Waals surface area contributed by atoms with Crippen LogP contribution in [-0.4, -0.2) is 17.6 Å². The molecule has 0 saturated heterocycles. The number of carbonyl (C=O) groups excluding carboxylic acids is 1. The Hall–Kier alpha value is -3.77. The maximum Gasteiger partial charge on any atom is 0.338 e. The first-order valence-electron chi connectivity index (χ1n) is 10.1. The first-order chi connectivity index (χ1) is 15.6. The van der Waals surface area contributed by atoms with Gasteiger partial charge in [-0.05, 0) is 24.1 Å². The molecule has 0 aliphatic carbocycles. The lowest BCUT2D eigenvalue weighted by atomic mass is 10.0. The minimum atomic E-state index is -0.598. The van der Waals surface area contributed by atoms with Crippen LogP contribution in [0, 0.1) is 0 Å². The molecule has 1 atom stereocenters. The Morgan fingerprint density at radius 2 is 1.66 bits per heavy atom. The van der Waals surface area contributed by atoms with Gasteiger partial charge in [0.05, 0.1) is 29.0 Å². The van der Waals surface area contributed by atoms with Gasteiger partial charge in [0.15, 0.2) is 4.80 Å². The molecule has 6 heteroatoms. The van der Waals surface area contributed by atoms with Crippen LogP contribution in [-0.2, 0) is 9.53 Å². The maximum absolute atomic E-state index is 13.3. The number of benzene rings is 2. The molecule has 1 aliphatic heterocycles. The number of esters is 1. The molecule has 3 aromatic rings. The normalized spacial score (nSPS) is 16.4. The van der Waals surface area contributed by atoms with Crippen LogP contribution in [0.1, 0.15) is 24.1 Å². The van der Waals surface area contributed by atoms with Crippen molar-refractivity contribution in [1.29, 1.82) is 0 Å². The molecule has 1 aromatic heterocycles. The lowest BCUT2D eigenvalue weighted by Gasteiger charge is -2.21. The maximum atomic E-state index is 13.3. The number of nitrogens with zero attached hydrogens (tertiary/aromatic N) is 2.